The molecule has 0 aliphatic heterocycles. The normalized spacial score (nSPS) is 10.5. The summed E-state index contributed by atoms with van der Waals surface area (Å²) in [5.74, 6) is -0.635. The first-order valence-corrected chi connectivity index (χ1v) is 6.26. The van der Waals surface area contributed by atoms with Crippen LogP contribution in [0.3, 0.4) is 0 Å². The molecule has 0 saturated carbocycles. The fraction of sp³-hybridized carbons (Fsp3) is 0.300. The zero-order valence-electron chi connectivity index (χ0n) is 11.5. The van der Waals surface area contributed by atoms with E-state index in [2.05, 4.69) is 5.32 Å². The van der Waals surface area contributed by atoms with E-state index in [9.17, 15) is 13.2 Å². The smallest absolute Gasteiger partial charge is 1.00 e. The second kappa shape index (κ2) is 7.33. The number of carbonyl (C=O) groups excluding carboxylic acids is 1. The van der Waals surface area contributed by atoms with Gasteiger partial charge in [0.05, 0.1) is 0 Å². The van der Waals surface area contributed by atoms with Gasteiger partial charge in [0, 0.05) is 13.5 Å². The Bertz CT molecular complexity index is 496. The van der Waals surface area contributed by atoms with E-state index in [0.29, 0.717) is 11.1 Å². The average Bonchev–Trinajstić information content (AvgIpc) is 2.14. The third kappa shape index (κ3) is 7.00. The average molecular weight is 285 g/mol. The van der Waals surface area contributed by atoms with Crippen molar-refractivity contribution in [3.8, 4) is 0 Å². The number of benzene rings is 1. The third-order valence-electron chi connectivity index (χ3n) is 1.98. The molecule has 0 spiro atoms. The maximum Gasteiger partial charge on any atom is 2.00 e. The summed E-state index contributed by atoms with van der Waals surface area (Å²) in [5.41, 5.74) is 1.16. The Morgan fingerprint density at radius 3 is 2.35 bits per heavy atom. The molecule has 0 fully saturated rings. The Labute approximate surface area is 133 Å². The van der Waals surface area contributed by atoms with Gasteiger partial charge < -0.3 is 8.17 Å². The predicted octanol–water partition coefficient (Wildman–Crippen LogP) is 0.555. The predicted molar refractivity (Wildman–Crippen MR) is 67.2 cm³/mol. The fourth-order valence-electron chi connectivity index (χ4n) is 1.29. The Hall–Kier alpha value is -0.140. The van der Waals surface area contributed by atoms with Gasteiger partial charge in [-0.25, -0.2) is 0 Å². The molecule has 1 aromatic carbocycles. The summed E-state index contributed by atoms with van der Waals surface area (Å²) in [6, 6.07) is 6.73. The van der Waals surface area contributed by atoms with E-state index < -0.39 is 15.9 Å². The van der Waals surface area contributed by atoms with Crippen LogP contribution in [0.25, 0.3) is 0 Å². The quantitative estimate of drug-likeness (QED) is 0.625. The Morgan fingerprint density at radius 2 is 1.88 bits per heavy atom. The minimum Gasteiger partial charge on any atom is -1.00 e. The Balaban J connectivity index is -0.000000853. The van der Waals surface area contributed by atoms with Gasteiger partial charge in [-0.1, -0.05) is 24.3 Å². The minimum absolute atomic E-state index is 0. The van der Waals surface area contributed by atoms with Gasteiger partial charge in [-0.05, 0) is 11.1 Å². The zero-order valence-corrected chi connectivity index (χ0v) is 12.5. The van der Waals surface area contributed by atoms with Gasteiger partial charge in [0.2, 0.25) is 5.91 Å². The third-order valence-corrected chi connectivity index (χ3v) is 2.66. The van der Waals surface area contributed by atoms with Gasteiger partial charge in [-0.3, -0.25) is 9.35 Å². The van der Waals surface area contributed by atoms with E-state index >= 15 is 0 Å². The van der Waals surface area contributed by atoms with Crippen LogP contribution in [0, 0.1) is 0 Å². The summed E-state index contributed by atoms with van der Waals surface area (Å²) in [7, 11) is -4.05. The molecule has 0 aliphatic rings. The molecule has 1 amide bonds. The number of rotatable bonds is 4. The van der Waals surface area contributed by atoms with Crippen LogP contribution >= 0.6 is 0 Å². The maximum absolute atomic E-state index is 10.8. The molecule has 92 valence electrons. The second-order valence-electron chi connectivity index (χ2n) is 3.40. The zero-order chi connectivity index (χ0) is 12.2. The van der Waals surface area contributed by atoms with Crippen molar-refractivity contribution in [2.75, 3.05) is 0 Å². The largest absolute Gasteiger partial charge is 2.00 e. The molecular weight excluding hydrogens is 270 g/mol. The minimum atomic E-state index is -4.05. The van der Waals surface area contributed by atoms with Crippen molar-refractivity contribution in [1.82, 2.24) is 5.32 Å². The Morgan fingerprint density at radius 1 is 1.35 bits per heavy atom. The summed E-state index contributed by atoms with van der Waals surface area (Å²) >= 11 is 0. The SMILES string of the molecule is CC(=O)NCc1ccccc1CS(=O)(=O)O.[Ca+2].[H-].[H-]. The van der Waals surface area contributed by atoms with E-state index in [1.807, 2.05) is 0 Å². The van der Waals surface area contributed by atoms with Crippen LogP contribution in [-0.4, -0.2) is 56.6 Å². The van der Waals surface area contributed by atoms with E-state index in [1.165, 1.54) is 6.92 Å². The topological polar surface area (TPSA) is 83.5 Å². The van der Waals surface area contributed by atoms with Gasteiger partial charge in [-0.15, -0.1) is 0 Å². The van der Waals surface area contributed by atoms with Crippen molar-refractivity contribution >= 4 is 53.8 Å². The molecule has 1 aromatic rings. The van der Waals surface area contributed by atoms with Crippen molar-refractivity contribution in [1.29, 1.82) is 0 Å². The molecule has 5 nitrogen and oxygen atoms in total. The number of amides is 1. The summed E-state index contributed by atoms with van der Waals surface area (Å²) in [6.45, 7) is 1.63. The standard InChI is InChI=1S/C10H13NO4S.Ca.2H/c1-8(12)11-6-9-4-2-3-5-10(9)7-16(13,14)15;;;/h2-5H,6-7H2,1H3,(H,11,12)(H,13,14,15);;;/q;+2;2*-1. The summed E-state index contributed by atoms with van der Waals surface area (Å²) in [4.78, 5) is 10.7. The summed E-state index contributed by atoms with van der Waals surface area (Å²) in [5, 5.41) is 2.57. The molecule has 17 heavy (non-hydrogen) atoms. The molecule has 0 aliphatic carbocycles. The van der Waals surface area contributed by atoms with E-state index in [-0.39, 0.29) is 53.0 Å². The second-order valence-corrected chi connectivity index (χ2v) is 4.86. The van der Waals surface area contributed by atoms with Crippen LogP contribution in [-0.2, 0) is 27.2 Å². The van der Waals surface area contributed by atoms with E-state index in [4.69, 9.17) is 4.55 Å². The molecule has 0 bridgehead atoms. The number of hydrogen-bond acceptors (Lipinski definition) is 3. The van der Waals surface area contributed by atoms with Gasteiger partial charge in [0.15, 0.2) is 0 Å². The Kier molecular flexibility index (Phi) is 7.27. The first kappa shape index (κ1) is 16.9. The van der Waals surface area contributed by atoms with Gasteiger partial charge in [-0.2, -0.15) is 8.42 Å². The molecule has 7 heteroatoms. The van der Waals surface area contributed by atoms with E-state index in [0.717, 1.165) is 0 Å². The first-order chi connectivity index (χ1) is 7.38. The van der Waals surface area contributed by atoms with Crippen molar-refractivity contribution in [2.24, 2.45) is 0 Å². The van der Waals surface area contributed by atoms with Gasteiger partial charge in [0.1, 0.15) is 5.75 Å². The van der Waals surface area contributed by atoms with E-state index in [1.54, 1.807) is 24.3 Å². The van der Waals surface area contributed by atoms with Crippen molar-refractivity contribution in [2.45, 2.75) is 19.2 Å². The molecule has 2 N–H and O–H groups in total. The summed E-state index contributed by atoms with van der Waals surface area (Å²) in [6.07, 6.45) is 0. The van der Waals surface area contributed by atoms with Crippen molar-refractivity contribution in [3.63, 3.8) is 0 Å². The van der Waals surface area contributed by atoms with Crippen molar-refractivity contribution in [3.05, 3.63) is 35.4 Å². The number of hydrogen-bond donors (Lipinski definition) is 2. The molecule has 1 rings (SSSR count). The van der Waals surface area contributed by atoms with Crippen LogP contribution in [0.5, 0.6) is 0 Å². The molecule has 0 heterocycles. The fourth-order valence-corrected chi connectivity index (χ4v) is 1.96. The summed E-state index contributed by atoms with van der Waals surface area (Å²) < 4.78 is 30.3. The molecule has 0 aromatic heterocycles. The van der Waals surface area contributed by atoms with Crippen LogP contribution in [0.1, 0.15) is 20.9 Å². The number of carbonyl (C=O) groups is 1. The van der Waals surface area contributed by atoms with Crippen molar-refractivity contribution < 1.29 is 20.6 Å². The maximum atomic E-state index is 10.8. The molecule has 0 radical (unpaired) electrons. The first-order valence-electron chi connectivity index (χ1n) is 4.65. The van der Waals surface area contributed by atoms with Gasteiger partial charge >= 0.3 is 37.7 Å². The van der Waals surface area contributed by atoms with Crippen LogP contribution in [0.15, 0.2) is 24.3 Å². The molecular formula is C10H15CaNO4S. The van der Waals surface area contributed by atoms with Crippen LogP contribution in [0.4, 0.5) is 0 Å². The molecule has 0 atom stereocenters. The van der Waals surface area contributed by atoms with Crippen LogP contribution < -0.4 is 5.32 Å². The number of nitrogens with one attached hydrogen (secondary N) is 1. The van der Waals surface area contributed by atoms with Gasteiger partial charge in [0.25, 0.3) is 10.1 Å². The molecule has 0 saturated heterocycles. The monoisotopic (exact) mass is 285 g/mol. The van der Waals surface area contributed by atoms with Crippen LogP contribution in [0.2, 0.25) is 0 Å². The molecule has 0 unspecified atom stereocenters.